The molecule has 0 bridgehead atoms. The number of likely N-dealkylation sites (tertiary alicyclic amines) is 1. The van der Waals surface area contributed by atoms with Crippen LogP contribution in [0.1, 0.15) is 28.9 Å². The zero-order chi connectivity index (χ0) is 17.9. The second kappa shape index (κ2) is 7.06. The van der Waals surface area contributed by atoms with Crippen molar-refractivity contribution in [3.63, 3.8) is 0 Å². The Bertz CT molecular complexity index is 996. The molecule has 1 fully saturated rings. The van der Waals surface area contributed by atoms with Crippen molar-refractivity contribution in [2.24, 2.45) is 0 Å². The number of carbonyl (C=O) groups excluding carboxylic acids is 1. The molecule has 0 saturated carbocycles. The predicted molar refractivity (Wildman–Crippen MR) is 95.9 cm³/mol. The molecule has 1 aliphatic rings. The Labute approximate surface area is 153 Å². The van der Waals surface area contributed by atoms with Crippen LogP contribution in [0.15, 0.2) is 36.1 Å². The van der Waals surface area contributed by atoms with Crippen LogP contribution in [0.3, 0.4) is 0 Å². The fourth-order valence-electron chi connectivity index (χ4n) is 3.04. The van der Waals surface area contributed by atoms with Gasteiger partial charge in [0.1, 0.15) is 12.2 Å². The maximum atomic E-state index is 12.9. The van der Waals surface area contributed by atoms with E-state index in [0.717, 1.165) is 23.1 Å². The summed E-state index contributed by atoms with van der Waals surface area (Å²) in [5.74, 6) is 0.202. The van der Waals surface area contributed by atoms with Gasteiger partial charge in [0.2, 0.25) is 5.69 Å². The molecule has 0 radical (unpaired) electrons. The van der Waals surface area contributed by atoms with Gasteiger partial charge in [0.05, 0.1) is 22.3 Å². The lowest BCUT2D eigenvalue weighted by Crippen LogP contribution is -2.44. The van der Waals surface area contributed by atoms with Crippen LogP contribution in [0.5, 0.6) is 5.88 Å². The SMILES string of the molecule is N#Cc1nccnc1O[C@@H]1CCCN(C(=O)c2ccc3ncsc3c2)C1. The highest BCUT2D eigenvalue weighted by Crippen LogP contribution is 2.23. The van der Waals surface area contributed by atoms with E-state index in [0.29, 0.717) is 18.7 Å². The summed E-state index contributed by atoms with van der Waals surface area (Å²) in [6.45, 7) is 1.14. The summed E-state index contributed by atoms with van der Waals surface area (Å²) in [4.78, 5) is 26.9. The van der Waals surface area contributed by atoms with Gasteiger partial charge in [-0.25, -0.2) is 15.0 Å². The van der Waals surface area contributed by atoms with Crippen LogP contribution >= 0.6 is 11.3 Å². The number of nitriles is 1. The van der Waals surface area contributed by atoms with Gasteiger partial charge in [-0.05, 0) is 31.0 Å². The van der Waals surface area contributed by atoms with E-state index in [-0.39, 0.29) is 23.6 Å². The number of nitrogens with zero attached hydrogens (tertiary/aromatic N) is 5. The van der Waals surface area contributed by atoms with Gasteiger partial charge in [0.15, 0.2) is 0 Å². The first-order valence-electron chi connectivity index (χ1n) is 8.25. The Morgan fingerprint density at radius 2 is 2.19 bits per heavy atom. The molecule has 1 aromatic carbocycles. The summed E-state index contributed by atoms with van der Waals surface area (Å²) in [5.41, 5.74) is 3.49. The van der Waals surface area contributed by atoms with Gasteiger partial charge in [-0.15, -0.1) is 11.3 Å². The standard InChI is InChI=1S/C18H15N5O2S/c19-9-15-17(21-6-5-20-15)25-13-2-1-7-23(10-13)18(24)12-3-4-14-16(8-12)26-11-22-14/h3-6,8,11,13H,1-2,7,10H2/t13-/m1/s1. The molecule has 3 aromatic rings. The molecule has 26 heavy (non-hydrogen) atoms. The predicted octanol–water partition coefficient (Wildman–Crippen LogP) is 2.64. The number of amides is 1. The lowest BCUT2D eigenvalue weighted by Gasteiger charge is -2.32. The summed E-state index contributed by atoms with van der Waals surface area (Å²) in [5, 5.41) is 9.10. The molecule has 8 heteroatoms. The monoisotopic (exact) mass is 365 g/mol. The van der Waals surface area contributed by atoms with Crippen LogP contribution in [0.4, 0.5) is 0 Å². The van der Waals surface area contributed by atoms with Crippen molar-refractivity contribution >= 4 is 27.5 Å². The maximum Gasteiger partial charge on any atom is 0.254 e. The number of rotatable bonds is 3. The van der Waals surface area contributed by atoms with Crippen LogP contribution in [0.2, 0.25) is 0 Å². The number of hydrogen-bond acceptors (Lipinski definition) is 7. The van der Waals surface area contributed by atoms with Crippen LogP contribution in [0.25, 0.3) is 10.2 Å². The Kier molecular flexibility index (Phi) is 4.46. The number of ether oxygens (including phenoxy) is 1. The van der Waals surface area contributed by atoms with E-state index in [1.807, 2.05) is 24.3 Å². The van der Waals surface area contributed by atoms with E-state index < -0.39 is 0 Å². The summed E-state index contributed by atoms with van der Waals surface area (Å²) in [6.07, 6.45) is 4.38. The molecule has 3 heterocycles. The summed E-state index contributed by atoms with van der Waals surface area (Å²) >= 11 is 1.52. The number of carbonyl (C=O) groups is 1. The maximum absolute atomic E-state index is 12.9. The fourth-order valence-corrected chi connectivity index (χ4v) is 3.75. The van der Waals surface area contributed by atoms with E-state index >= 15 is 0 Å². The largest absolute Gasteiger partial charge is 0.470 e. The molecular weight excluding hydrogens is 350 g/mol. The lowest BCUT2D eigenvalue weighted by molar-refractivity contribution is 0.0526. The molecule has 0 aliphatic carbocycles. The Balaban J connectivity index is 1.49. The van der Waals surface area contributed by atoms with Gasteiger partial charge in [-0.3, -0.25) is 4.79 Å². The molecule has 7 nitrogen and oxygen atoms in total. The number of piperidine rings is 1. The van der Waals surface area contributed by atoms with Crippen LogP contribution < -0.4 is 4.74 Å². The van der Waals surface area contributed by atoms with E-state index in [1.54, 1.807) is 10.4 Å². The van der Waals surface area contributed by atoms with Gasteiger partial charge in [0.25, 0.3) is 11.8 Å². The van der Waals surface area contributed by atoms with Gasteiger partial charge in [-0.2, -0.15) is 5.26 Å². The van der Waals surface area contributed by atoms with Crippen molar-refractivity contribution in [2.75, 3.05) is 13.1 Å². The van der Waals surface area contributed by atoms with Crippen molar-refractivity contribution < 1.29 is 9.53 Å². The Hall–Kier alpha value is -3.05. The van der Waals surface area contributed by atoms with E-state index in [4.69, 9.17) is 10.00 Å². The molecule has 0 unspecified atom stereocenters. The van der Waals surface area contributed by atoms with Crippen molar-refractivity contribution in [3.05, 3.63) is 47.4 Å². The van der Waals surface area contributed by atoms with Gasteiger partial charge >= 0.3 is 0 Å². The molecule has 1 saturated heterocycles. The first-order valence-corrected chi connectivity index (χ1v) is 9.13. The van der Waals surface area contributed by atoms with E-state index in [1.165, 1.54) is 23.7 Å². The van der Waals surface area contributed by atoms with Crippen molar-refractivity contribution in [3.8, 4) is 11.9 Å². The molecule has 0 spiro atoms. The average molecular weight is 365 g/mol. The molecule has 0 N–H and O–H groups in total. The Morgan fingerprint density at radius 3 is 3.08 bits per heavy atom. The summed E-state index contributed by atoms with van der Waals surface area (Å²) in [6, 6.07) is 7.54. The van der Waals surface area contributed by atoms with Crippen molar-refractivity contribution in [1.29, 1.82) is 5.26 Å². The third-order valence-corrected chi connectivity index (χ3v) is 5.08. The van der Waals surface area contributed by atoms with E-state index in [2.05, 4.69) is 15.0 Å². The number of hydrogen-bond donors (Lipinski definition) is 0. The van der Waals surface area contributed by atoms with Crippen LogP contribution in [-0.4, -0.2) is 45.0 Å². The highest BCUT2D eigenvalue weighted by molar-refractivity contribution is 7.16. The molecule has 4 rings (SSSR count). The number of thiazole rings is 1. The van der Waals surface area contributed by atoms with Crippen molar-refractivity contribution in [2.45, 2.75) is 18.9 Å². The topological polar surface area (TPSA) is 92.0 Å². The normalized spacial score (nSPS) is 17.0. The fraction of sp³-hybridized carbons (Fsp3) is 0.278. The van der Waals surface area contributed by atoms with E-state index in [9.17, 15) is 4.79 Å². The highest BCUT2D eigenvalue weighted by atomic mass is 32.1. The number of benzene rings is 1. The second-order valence-corrected chi connectivity index (χ2v) is 6.88. The third kappa shape index (κ3) is 3.21. The van der Waals surface area contributed by atoms with Gasteiger partial charge < -0.3 is 9.64 Å². The first kappa shape index (κ1) is 16.4. The van der Waals surface area contributed by atoms with Crippen LogP contribution in [0, 0.1) is 11.3 Å². The zero-order valence-electron chi connectivity index (χ0n) is 13.8. The quantitative estimate of drug-likeness (QED) is 0.708. The molecule has 1 atom stereocenters. The van der Waals surface area contributed by atoms with Gasteiger partial charge in [0, 0.05) is 24.5 Å². The summed E-state index contributed by atoms with van der Waals surface area (Å²) < 4.78 is 6.85. The third-order valence-electron chi connectivity index (χ3n) is 4.29. The highest BCUT2D eigenvalue weighted by Gasteiger charge is 2.27. The first-order chi connectivity index (χ1) is 12.7. The minimum absolute atomic E-state index is 0.0201. The minimum atomic E-state index is -0.205. The average Bonchev–Trinajstić information content (AvgIpc) is 3.16. The van der Waals surface area contributed by atoms with Gasteiger partial charge in [-0.1, -0.05) is 0 Å². The van der Waals surface area contributed by atoms with Crippen molar-refractivity contribution in [1.82, 2.24) is 19.9 Å². The second-order valence-electron chi connectivity index (χ2n) is 5.99. The minimum Gasteiger partial charge on any atom is -0.470 e. The molecule has 2 aromatic heterocycles. The number of aromatic nitrogens is 3. The molecule has 130 valence electrons. The molecule has 1 amide bonds. The lowest BCUT2D eigenvalue weighted by atomic mass is 10.1. The zero-order valence-corrected chi connectivity index (χ0v) is 14.6. The van der Waals surface area contributed by atoms with Crippen LogP contribution in [-0.2, 0) is 0 Å². The molecule has 1 aliphatic heterocycles. The smallest absolute Gasteiger partial charge is 0.254 e. The Morgan fingerprint density at radius 1 is 1.31 bits per heavy atom. The molecular formula is C18H15N5O2S. The summed E-state index contributed by atoms with van der Waals surface area (Å²) in [7, 11) is 0. The number of fused-ring (bicyclic) bond motifs is 1.